The third-order valence-corrected chi connectivity index (χ3v) is 29.2. The monoisotopic (exact) mass is 1830 g/mol. The maximum Gasteiger partial charge on any atom is 0.496 e. The van der Waals surface area contributed by atoms with Crippen LogP contribution in [-0.2, 0) is 104 Å². The minimum absolute atomic E-state index is 0.0714. The van der Waals surface area contributed by atoms with E-state index in [0.29, 0.717) is 153 Å². The second kappa shape index (κ2) is 35.8. The van der Waals surface area contributed by atoms with E-state index < -0.39 is 18.3 Å². The molecular formula is C98H118BCl2N19O12. The Labute approximate surface area is 779 Å². The van der Waals surface area contributed by atoms with Gasteiger partial charge < -0.3 is 72.3 Å². The Kier molecular flexibility index (Phi) is 24.8. The summed E-state index contributed by atoms with van der Waals surface area (Å²) < 4.78 is 32.6. The number of hydrogen-bond acceptors (Lipinski definition) is 23. The number of fused-ring (bicyclic) bond motifs is 9. The van der Waals surface area contributed by atoms with E-state index in [1.807, 2.05) is 82.6 Å². The Morgan fingerprint density at radius 3 is 1.30 bits per heavy atom. The van der Waals surface area contributed by atoms with Crippen molar-refractivity contribution < 1.29 is 48.2 Å². The number of ether oxygens (including phenoxy) is 2. The molecule has 132 heavy (non-hydrogen) atoms. The maximum atomic E-state index is 13.9. The van der Waals surface area contributed by atoms with E-state index in [-0.39, 0.29) is 63.9 Å². The Bertz CT molecular complexity index is 6260. The molecule has 10 aromatic heterocycles. The Balaban J connectivity index is 0.000000124. The van der Waals surface area contributed by atoms with Gasteiger partial charge in [0.15, 0.2) is 6.29 Å². The predicted molar refractivity (Wildman–Crippen MR) is 511 cm³/mol. The van der Waals surface area contributed by atoms with Gasteiger partial charge in [-0.05, 0) is 191 Å². The average molecular weight is 1840 g/mol. The van der Waals surface area contributed by atoms with Crippen LogP contribution < -0.4 is 51.7 Å². The highest BCUT2D eigenvalue weighted by atomic mass is 35.5. The molecule has 10 aromatic rings. The third-order valence-electron chi connectivity index (χ3n) is 28.5. The normalized spacial score (nSPS) is 20.9. The van der Waals surface area contributed by atoms with Crippen LogP contribution in [0.5, 0.6) is 0 Å². The smallest absolute Gasteiger partial charge is 0.399 e. The van der Waals surface area contributed by atoms with Crippen LogP contribution in [0.1, 0.15) is 170 Å². The first kappa shape index (κ1) is 91.6. The lowest BCUT2D eigenvalue weighted by Gasteiger charge is -2.46. The van der Waals surface area contributed by atoms with Gasteiger partial charge in [0.05, 0.1) is 102 Å². The third kappa shape index (κ3) is 17.6. The fraction of sp³-hybridized carbons (Fsp3) is 0.480. The van der Waals surface area contributed by atoms with Gasteiger partial charge in [-0.1, -0.05) is 64.7 Å². The molecule has 5 fully saturated rings. The summed E-state index contributed by atoms with van der Waals surface area (Å²) in [5, 5.41) is 27.4. The van der Waals surface area contributed by atoms with Crippen LogP contribution in [0.15, 0.2) is 126 Å². The van der Waals surface area contributed by atoms with Crippen molar-refractivity contribution in [3.05, 3.63) is 214 Å². The first-order valence-corrected chi connectivity index (χ1v) is 46.6. The largest absolute Gasteiger partial charge is 0.496 e. The number of aryl methyl sites for hydroxylation is 2. The molecule has 2 atom stereocenters. The van der Waals surface area contributed by atoms with Crippen molar-refractivity contribution in [3.63, 3.8) is 0 Å². The molecule has 11 aliphatic rings. The Morgan fingerprint density at radius 2 is 0.886 bits per heavy atom. The SMILES string of the molecule is CC1(C)Cc2cc3n(c2C1)CCN(c1nccc(Cl)c1C=O)C3=O.CC1(C)Cc2cc3n(c2C1)CCN(c1nccc(Cl)c1CO)C3=O.C[C@H]1CN(C2COC2)CCN1c1ccc(Nc2cc(-c3ccnc(N4CCn5c(cc6c5CC(C)(C)C6)C4=O)c3CO)cn(C)c2=O)nc1.C[C@H]1CN(C2COC2)CCN1c1ccc(Nc2cc(B3OC(C)(C)C(C)(C)O3)cn(C)c2=O)nc1. The highest BCUT2D eigenvalue weighted by molar-refractivity contribution is 6.62. The zero-order valence-corrected chi connectivity index (χ0v) is 79.3. The van der Waals surface area contributed by atoms with Crippen LogP contribution in [0.25, 0.3) is 11.1 Å². The molecule has 694 valence electrons. The number of carbonyl (C=O) groups is 4. The fourth-order valence-electron chi connectivity index (χ4n) is 20.8. The van der Waals surface area contributed by atoms with E-state index in [0.717, 1.165) is 128 Å². The molecule has 0 unspecified atom stereocenters. The molecule has 0 saturated carbocycles. The Hall–Kier alpha value is -10.9. The Morgan fingerprint density at radius 1 is 0.477 bits per heavy atom. The zero-order valence-electron chi connectivity index (χ0n) is 77.7. The van der Waals surface area contributed by atoms with E-state index in [1.54, 1.807) is 82.4 Å². The van der Waals surface area contributed by atoms with Gasteiger partial charge in [0.25, 0.3) is 28.8 Å². The predicted octanol–water partition coefficient (Wildman–Crippen LogP) is 11.3. The molecule has 31 nitrogen and oxygen atoms in total. The zero-order chi connectivity index (χ0) is 93.1. The molecule has 0 bridgehead atoms. The van der Waals surface area contributed by atoms with Crippen LogP contribution in [0.4, 0.5) is 51.8 Å². The number of aromatic nitrogens is 10. The standard InChI is InChI=1S/C37H44N8O4.C25H36BN5O4.C18H20ClN3O2.C18H18ClN3O2/c1-23-18-42(27-21-49-22-27)9-10-43(23)26-5-6-33(39-17-26)40-30-13-25(19-41(4)35(30)47)28-7-8-38-34(29(28)20-46)45-12-11-44-31(36(45)48)14-24-15-37(2,3)16-32(24)44;1-17-13-30(20-15-33-16-20)9-10-31(17)19-7-8-22(27-12-19)28-21-11-18(14-29(6)23(21)32)26-34-24(2,3)25(4,5)35-26;2*1-18(2)8-11-7-14-17(24)22(6-5-21(14)15(11)9-18)16-12(10-23)13(19)3-4-20-16/h5-8,13-14,17,19,23,27,46H,9-12,15-16,18,20-22H2,1-4H3,(H,39,40);7-8,11-12,14,17,20H,9-10,13,15-16H2,1-6H3,(H,27,28);3-4,7,23H,5-6,8-10H2,1-2H3;3-4,7,10H,5-6,8-9H2,1-2H3/t23-;17-;;/m00../s1. The minimum Gasteiger partial charge on any atom is -0.399 e. The summed E-state index contributed by atoms with van der Waals surface area (Å²) in [6, 6.07) is 24.4. The topological polar surface area (TPSA) is 316 Å². The minimum atomic E-state index is -0.547. The molecule has 0 aromatic carbocycles. The van der Waals surface area contributed by atoms with Gasteiger partial charge in [0.1, 0.15) is 57.5 Å². The van der Waals surface area contributed by atoms with Crippen LogP contribution in [-0.4, -0.2) is 220 Å². The number of nitrogens with one attached hydrogen (secondary N) is 2. The molecular weight excluding hydrogens is 1720 g/mol. The van der Waals surface area contributed by atoms with E-state index in [4.69, 9.17) is 42.0 Å². The molecule has 4 N–H and O–H groups in total. The summed E-state index contributed by atoms with van der Waals surface area (Å²) in [5.41, 5.74) is 15.6. The number of hydrogen-bond donors (Lipinski definition) is 4. The van der Waals surface area contributed by atoms with E-state index in [9.17, 15) is 39.0 Å². The summed E-state index contributed by atoms with van der Waals surface area (Å²) >= 11 is 12.2. The lowest BCUT2D eigenvalue weighted by molar-refractivity contribution is -0.0691. The van der Waals surface area contributed by atoms with Gasteiger partial charge in [0, 0.05) is 175 Å². The molecule has 3 aliphatic carbocycles. The number of aliphatic hydroxyl groups excluding tert-OH is 2. The number of aliphatic hydroxyl groups is 2. The van der Waals surface area contributed by atoms with Gasteiger partial charge in [-0.2, -0.15) is 0 Å². The van der Waals surface area contributed by atoms with E-state index in [1.165, 1.54) is 44.5 Å². The van der Waals surface area contributed by atoms with Crippen molar-refractivity contribution >= 4 is 112 Å². The fourth-order valence-corrected chi connectivity index (χ4v) is 21.2. The number of nitrogens with zero attached hydrogens (tertiary/aromatic N) is 17. The maximum absolute atomic E-state index is 13.9. The molecule has 18 heterocycles. The second-order valence-electron chi connectivity index (χ2n) is 40.4. The van der Waals surface area contributed by atoms with E-state index in [2.05, 4.69) is 130 Å². The van der Waals surface area contributed by atoms with Crippen LogP contribution >= 0.6 is 23.2 Å². The van der Waals surface area contributed by atoms with Crippen molar-refractivity contribution in [2.45, 2.75) is 190 Å². The number of piperazine rings is 2. The van der Waals surface area contributed by atoms with Gasteiger partial charge in [-0.25, -0.2) is 24.9 Å². The number of anilines is 9. The quantitative estimate of drug-likeness (QED) is 0.0516. The molecule has 5 saturated heterocycles. The second-order valence-corrected chi connectivity index (χ2v) is 41.2. The van der Waals surface area contributed by atoms with Crippen LogP contribution in [0.3, 0.4) is 0 Å². The summed E-state index contributed by atoms with van der Waals surface area (Å²) in [6.45, 7) is 38.4. The first-order valence-electron chi connectivity index (χ1n) is 45.9. The van der Waals surface area contributed by atoms with Crippen LogP contribution in [0, 0.1) is 16.2 Å². The number of amides is 3. The number of halogens is 2. The number of pyridine rings is 7. The molecule has 0 spiro atoms. The van der Waals surface area contributed by atoms with E-state index >= 15 is 0 Å². The molecule has 3 amide bonds. The summed E-state index contributed by atoms with van der Waals surface area (Å²) in [5.74, 6) is 2.12. The van der Waals surface area contributed by atoms with Gasteiger partial charge in [0.2, 0.25) is 0 Å². The molecule has 0 radical (unpaired) electrons. The number of aldehydes is 1. The first-order chi connectivity index (χ1) is 63.0. The lowest BCUT2D eigenvalue weighted by atomic mass is 9.80. The lowest BCUT2D eigenvalue weighted by Crippen LogP contribution is -2.59. The average Bonchev–Trinajstić information content (AvgIpc) is 1.59. The van der Waals surface area contributed by atoms with Crippen molar-refractivity contribution in [1.82, 2.24) is 57.6 Å². The summed E-state index contributed by atoms with van der Waals surface area (Å²) in [4.78, 5) is 114. The van der Waals surface area contributed by atoms with Gasteiger partial charge >= 0.3 is 7.12 Å². The number of rotatable bonds is 16. The molecule has 8 aliphatic heterocycles. The number of carbonyl (C=O) groups excluding carboxylic acids is 4. The van der Waals surface area contributed by atoms with Crippen molar-refractivity contribution in [2.24, 2.45) is 30.3 Å². The van der Waals surface area contributed by atoms with Crippen molar-refractivity contribution in [1.29, 1.82) is 0 Å². The molecule has 21 rings (SSSR count). The summed E-state index contributed by atoms with van der Waals surface area (Å²) in [6.07, 6.45) is 18.6. The highest BCUT2D eigenvalue weighted by Crippen LogP contribution is 2.45. The highest BCUT2D eigenvalue weighted by Gasteiger charge is 2.53. The summed E-state index contributed by atoms with van der Waals surface area (Å²) in [7, 11) is 2.89. The van der Waals surface area contributed by atoms with Crippen LogP contribution in [0.2, 0.25) is 10.0 Å². The van der Waals surface area contributed by atoms with Gasteiger partial charge in [-0.3, -0.25) is 53.3 Å². The van der Waals surface area contributed by atoms with Crippen molar-refractivity contribution in [3.8, 4) is 11.1 Å². The van der Waals surface area contributed by atoms with Crippen molar-refractivity contribution in [2.75, 3.05) is 120 Å². The van der Waals surface area contributed by atoms with Gasteiger partial charge in [-0.15, -0.1) is 0 Å². The molecule has 34 heteroatoms.